The highest BCUT2D eigenvalue weighted by molar-refractivity contribution is 6.30. The van der Waals surface area contributed by atoms with Crippen molar-refractivity contribution in [3.05, 3.63) is 29.3 Å². The molecular formula is C16H22ClN3O2. The molecule has 1 spiro atoms. The summed E-state index contributed by atoms with van der Waals surface area (Å²) >= 11 is 5.83. The molecule has 120 valence electrons. The number of hydrogen-bond donors (Lipinski definition) is 2. The molecule has 2 saturated heterocycles. The molecule has 0 radical (unpaired) electrons. The van der Waals surface area contributed by atoms with Gasteiger partial charge in [0.25, 0.3) is 0 Å². The molecule has 2 aliphatic rings. The lowest BCUT2D eigenvalue weighted by molar-refractivity contribution is 0.210. The van der Waals surface area contributed by atoms with Gasteiger partial charge >= 0.3 is 6.03 Å². The zero-order valence-electron chi connectivity index (χ0n) is 12.6. The van der Waals surface area contributed by atoms with Crippen LogP contribution in [0.1, 0.15) is 19.3 Å². The molecule has 22 heavy (non-hydrogen) atoms. The molecule has 6 heteroatoms. The van der Waals surface area contributed by atoms with Crippen molar-refractivity contribution in [1.29, 1.82) is 0 Å². The van der Waals surface area contributed by atoms with E-state index in [0.717, 1.165) is 51.2 Å². The fraction of sp³-hybridized carbons (Fsp3) is 0.562. The molecule has 0 bridgehead atoms. The van der Waals surface area contributed by atoms with Gasteiger partial charge < -0.3 is 20.3 Å². The number of piperidine rings is 1. The molecule has 2 heterocycles. The van der Waals surface area contributed by atoms with Crippen LogP contribution in [0.5, 0.6) is 5.75 Å². The molecule has 1 aromatic carbocycles. The smallest absolute Gasteiger partial charge is 0.317 e. The van der Waals surface area contributed by atoms with Crippen molar-refractivity contribution < 1.29 is 9.53 Å². The first kappa shape index (κ1) is 15.4. The lowest BCUT2D eigenvalue weighted by Gasteiger charge is -2.33. The molecule has 3 rings (SSSR count). The molecule has 0 saturated carbocycles. The Labute approximate surface area is 136 Å². The standard InChI is InChI=1S/C16H22ClN3O2/c17-13-2-4-14(5-3-13)22-11-1-10-20-12-16(19-15(20)21)6-8-18-9-7-16/h2-5,18H,1,6-12H2,(H,19,21). The number of ether oxygens (including phenoxy) is 1. The summed E-state index contributed by atoms with van der Waals surface area (Å²) in [6.07, 6.45) is 2.84. The minimum Gasteiger partial charge on any atom is -0.494 e. The summed E-state index contributed by atoms with van der Waals surface area (Å²) in [6, 6.07) is 7.40. The molecular weight excluding hydrogens is 302 g/mol. The Morgan fingerprint density at radius 3 is 2.68 bits per heavy atom. The Morgan fingerprint density at radius 2 is 1.95 bits per heavy atom. The molecule has 0 atom stereocenters. The second kappa shape index (κ2) is 6.75. The van der Waals surface area contributed by atoms with Gasteiger partial charge in [0.15, 0.2) is 0 Å². The first-order chi connectivity index (χ1) is 10.7. The molecule has 1 aromatic rings. The Hall–Kier alpha value is -1.46. The lowest BCUT2D eigenvalue weighted by atomic mass is 9.89. The van der Waals surface area contributed by atoms with E-state index in [2.05, 4.69) is 10.6 Å². The third-order valence-electron chi connectivity index (χ3n) is 4.37. The molecule has 2 N–H and O–H groups in total. The normalized spacial score (nSPS) is 20.2. The van der Waals surface area contributed by atoms with E-state index in [1.54, 1.807) is 0 Å². The Balaban J connectivity index is 1.42. The third kappa shape index (κ3) is 3.65. The first-order valence-corrected chi connectivity index (χ1v) is 8.21. The number of carbonyl (C=O) groups is 1. The topological polar surface area (TPSA) is 53.6 Å². The first-order valence-electron chi connectivity index (χ1n) is 7.83. The average Bonchev–Trinajstić information content (AvgIpc) is 2.82. The Bertz CT molecular complexity index is 515. The maximum Gasteiger partial charge on any atom is 0.317 e. The van der Waals surface area contributed by atoms with Crippen LogP contribution < -0.4 is 15.4 Å². The molecule has 5 nitrogen and oxygen atoms in total. The van der Waals surface area contributed by atoms with Gasteiger partial charge in [-0.3, -0.25) is 0 Å². The summed E-state index contributed by atoms with van der Waals surface area (Å²) in [6.45, 7) is 4.10. The maximum absolute atomic E-state index is 12.1. The zero-order valence-corrected chi connectivity index (χ0v) is 13.4. The van der Waals surface area contributed by atoms with Gasteiger partial charge in [0.1, 0.15) is 5.75 Å². The van der Waals surface area contributed by atoms with Crippen molar-refractivity contribution in [2.45, 2.75) is 24.8 Å². The van der Waals surface area contributed by atoms with Crippen LogP contribution in [0.3, 0.4) is 0 Å². The van der Waals surface area contributed by atoms with Crippen LogP contribution >= 0.6 is 11.6 Å². The quantitative estimate of drug-likeness (QED) is 0.817. The van der Waals surface area contributed by atoms with Crippen molar-refractivity contribution in [3.8, 4) is 5.75 Å². The number of nitrogens with one attached hydrogen (secondary N) is 2. The highest BCUT2D eigenvalue weighted by Crippen LogP contribution is 2.25. The summed E-state index contributed by atoms with van der Waals surface area (Å²) in [4.78, 5) is 14.0. The SMILES string of the molecule is O=C1NC2(CCNCC2)CN1CCCOc1ccc(Cl)cc1. The number of rotatable bonds is 5. The highest BCUT2D eigenvalue weighted by Gasteiger charge is 2.42. The molecule has 2 fully saturated rings. The van der Waals surface area contributed by atoms with E-state index in [4.69, 9.17) is 16.3 Å². The summed E-state index contributed by atoms with van der Waals surface area (Å²) in [5.41, 5.74) is -0.0145. The summed E-state index contributed by atoms with van der Waals surface area (Å²) in [7, 11) is 0. The highest BCUT2D eigenvalue weighted by atomic mass is 35.5. The van der Waals surface area contributed by atoms with Gasteiger partial charge in [-0.2, -0.15) is 0 Å². The van der Waals surface area contributed by atoms with E-state index >= 15 is 0 Å². The molecule has 2 aliphatic heterocycles. The third-order valence-corrected chi connectivity index (χ3v) is 4.62. The van der Waals surface area contributed by atoms with Gasteiger partial charge in [-0.15, -0.1) is 0 Å². The number of halogens is 1. The van der Waals surface area contributed by atoms with Crippen LogP contribution in [0.15, 0.2) is 24.3 Å². The van der Waals surface area contributed by atoms with Gasteiger partial charge in [-0.05, 0) is 56.6 Å². The number of amides is 2. The minimum absolute atomic E-state index is 0.0145. The van der Waals surface area contributed by atoms with Crippen molar-refractivity contribution in [3.63, 3.8) is 0 Å². The predicted octanol–water partition coefficient (Wildman–Crippen LogP) is 2.26. The second-order valence-electron chi connectivity index (χ2n) is 6.04. The maximum atomic E-state index is 12.1. The van der Waals surface area contributed by atoms with Crippen LogP contribution in [0.2, 0.25) is 5.02 Å². The van der Waals surface area contributed by atoms with Crippen molar-refractivity contribution in [2.75, 3.05) is 32.8 Å². The fourth-order valence-corrected chi connectivity index (χ4v) is 3.25. The van der Waals surface area contributed by atoms with Gasteiger partial charge in [-0.1, -0.05) is 11.6 Å². The fourth-order valence-electron chi connectivity index (χ4n) is 3.13. The van der Waals surface area contributed by atoms with E-state index in [-0.39, 0.29) is 11.6 Å². The van der Waals surface area contributed by atoms with E-state index < -0.39 is 0 Å². The molecule has 0 aromatic heterocycles. The largest absolute Gasteiger partial charge is 0.494 e. The van der Waals surface area contributed by atoms with Crippen LogP contribution in [-0.4, -0.2) is 49.3 Å². The number of benzene rings is 1. The van der Waals surface area contributed by atoms with Crippen molar-refractivity contribution in [1.82, 2.24) is 15.5 Å². The van der Waals surface area contributed by atoms with Gasteiger partial charge in [-0.25, -0.2) is 4.79 Å². The zero-order chi connectivity index (χ0) is 15.4. The average molecular weight is 324 g/mol. The van der Waals surface area contributed by atoms with E-state index in [0.29, 0.717) is 11.6 Å². The van der Waals surface area contributed by atoms with Crippen LogP contribution in [-0.2, 0) is 0 Å². The molecule has 0 aliphatic carbocycles. The number of hydrogen-bond acceptors (Lipinski definition) is 3. The number of nitrogens with zero attached hydrogens (tertiary/aromatic N) is 1. The molecule has 2 amide bonds. The van der Waals surface area contributed by atoms with Crippen LogP contribution in [0.25, 0.3) is 0 Å². The van der Waals surface area contributed by atoms with Gasteiger partial charge in [0.05, 0.1) is 12.1 Å². The molecule has 0 unspecified atom stereocenters. The van der Waals surface area contributed by atoms with Crippen molar-refractivity contribution in [2.24, 2.45) is 0 Å². The number of urea groups is 1. The van der Waals surface area contributed by atoms with E-state index in [1.807, 2.05) is 29.2 Å². The van der Waals surface area contributed by atoms with E-state index in [1.165, 1.54) is 0 Å². The Morgan fingerprint density at radius 1 is 1.23 bits per heavy atom. The summed E-state index contributed by atoms with van der Waals surface area (Å²) in [5, 5.41) is 7.22. The summed E-state index contributed by atoms with van der Waals surface area (Å²) in [5.74, 6) is 0.810. The number of carbonyl (C=O) groups excluding carboxylic acids is 1. The second-order valence-corrected chi connectivity index (χ2v) is 6.47. The summed E-state index contributed by atoms with van der Waals surface area (Å²) < 4.78 is 5.67. The minimum atomic E-state index is -0.0145. The van der Waals surface area contributed by atoms with Gasteiger partial charge in [0.2, 0.25) is 0 Å². The van der Waals surface area contributed by atoms with Crippen LogP contribution in [0.4, 0.5) is 4.79 Å². The lowest BCUT2D eigenvalue weighted by Crippen LogP contribution is -2.51. The monoisotopic (exact) mass is 323 g/mol. The predicted molar refractivity (Wildman–Crippen MR) is 86.5 cm³/mol. The van der Waals surface area contributed by atoms with Gasteiger partial charge in [0, 0.05) is 18.1 Å². The van der Waals surface area contributed by atoms with Crippen LogP contribution in [0, 0.1) is 0 Å². The Kier molecular flexibility index (Phi) is 4.74. The van der Waals surface area contributed by atoms with Crippen molar-refractivity contribution >= 4 is 17.6 Å². The van der Waals surface area contributed by atoms with E-state index in [9.17, 15) is 4.79 Å².